The van der Waals surface area contributed by atoms with Crippen LogP contribution in [0.25, 0.3) is 0 Å². The molecular weight excluding hydrogens is 224 g/mol. The van der Waals surface area contributed by atoms with Crippen LogP contribution in [0.3, 0.4) is 0 Å². The minimum Gasteiger partial charge on any atom is -0.382 e. The molecule has 0 aliphatic rings. The fourth-order valence-corrected chi connectivity index (χ4v) is 1.09. The lowest BCUT2D eigenvalue weighted by Crippen LogP contribution is -2.12. The van der Waals surface area contributed by atoms with Crippen molar-refractivity contribution in [1.29, 1.82) is 0 Å². The van der Waals surface area contributed by atoms with E-state index in [1.54, 1.807) is 0 Å². The fourth-order valence-electron chi connectivity index (χ4n) is 1.09. The number of nitrogens with zero attached hydrogens (tertiary/aromatic N) is 1. The predicted octanol–water partition coefficient (Wildman–Crippen LogP) is 3.64. The molecule has 0 aromatic heterocycles. The third-order valence-electron chi connectivity index (χ3n) is 1.90. The maximum atomic E-state index is 4.98. The van der Waals surface area contributed by atoms with E-state index in [0.717, 1.165) is 32.7 Å². The molecule has 0 saturated heterocycles. The molecule has 0 heterocycles. The summed E-state index contributed by atoms with van der Waals surface area (Å²) in [4.78, 5) is 2.18. The molecule has 0 saturated carbocycles. The van der Waals surface area contributed by atoms with Gasteiger partial charge in [0.05, 0.1) is 0 Å². The van der Waals surface area contributed by atoms with Gasteiger partial charge < -0.3 is 15.0 Å². The normalized spacial score (nSPS) is 9.33. The topological polar surface area (TPSA) is 24.5 Å². The summed E-state index contributed by atoms with van der Waals surface area (Å²) >= 11 is 0. The highest BCUT2D eigenvalue weighted by molar-refractivity contribution is 4.35. The Morgan fingerprint density at radius 1 is 0.944 bits per heavy atom. The summed E-state index contributed by atoms with van der Waals surface area (Å²) in [5.74, 6) is 0. The average molecular weight is 264 g/mol. The molecule has 0 unspecified atom stereocenters. The van der Waals surface area contributed by atoms with Crippen LogP contribution in [0.5, 0.6) is 0 Å². The van der Waals surface area contributed by atoms with Crippen molar-refractivity contribution in [3.63, 3.8) is 0 Å². The minimum absolute atomic E-state index is 0. The number of hydrogen-bond donors (Lipinski definition) is 1. The summed E-state index contributed by atoms with van der Waals surface area (Å²) in [5.41, 5.74) is 0. The second-order valence-corrected chi connectivity index (χ2v) is 4.35. The monoisotopic (exact) mass is 264 g/mol. The molecule has 0 aromatic carbocycles. The smallest absolute Gasteiger partial charge is 0.0463 e. The average Bonchev–Trinajstić information content (AvgIpc) is 2.35. The molecule has 3 heteroatoms. The van der Waals surface area contributed by atoms with Crippen LogP contribution in [0.2, 0.25) is 0 Å². The Hall–Kier alpha value is -0.120. The molecule has 18 heavy (non-hydrogen) atoms. The lowest BCUT2D eigenvalue weighted by atomic mass is 10.5. The first-order chi connectivity index (χ1) is 8.60. The molecule has 0 amide bonds. The fraction of sp³-hybridized carbons (Fsp3) is 1.00. The summed E-state index contributed by atoms with van der Waals surface area (Å²) in [5, 5.41) is 3.20. The van der Waals surface area contributed by atoms with Crippen LogP contribution >= 0.6 is 0 Å². The van der Waals surface area contributed by atoms with Gasteiger partial charge in [-0.05, 0) is 59.9 Å². The van der Waals surface area contributed by atoms with Gasteiger partial charge in [-0.25, -0.2) is 0 Å². The Labute approximate surface area is 118 Å². The van der Waals surface area contributed by atoms with Crippen LogP contribution in [0.1, 0.15) is 55.3 Å². The maximum absolute atomic E-state index is 4.98. The van der Waals surface area contributed by atoms with Crippen molar-refractivity contribution in [2.24, 2.45) is 0 Å². The third-order valence-corrected chi connectivity index (χ3v) is 1.90. The zero-order valence-electron chi connectivity index (χ0n) is 14.0. The van der Waals surface area contributed by atoms with Gasteiger partial charge in [-0.15, -0.1) is 0 Å². The van der Waals surface area contributed by atoms with E-state index >= 15 is 0 Å². The molecule has 1 N–H and O–H groups in total. The highest BCUT2D eigenvalue weighted by atomic mass is 16.5. The van der Waals surface area contributed by atoms with E-state index in [1.165, 1.54) is 19.4 Å². The lowest BCUT2D eigenvalue weighted by molar-refractivity contribution is 0.148. The highest BCUT2D eigenvalue weighted by Gasteiger charge is 1.79. The van der Waals surface area contributed by atoms with Crippen molar-refractivity contribution in [2.75, 3.05) is 46.9 Å². The SMILES string of the molecule is CCCN(C)C.CCCNCC.CCCOCC.[HH]. The van der Waals surface area contributed by atoms with Gasteiger partial charge in [0.25, 0.3) is 0 Å². The van der Waals surface area contributed by atoms with E-state index in [4.69, 9.17) is 4.74 Å². The molecule has 0 radical (unpaired) electrons. The largest absolute Gasteiger partial charge is 0.382 e. The van der Waals surface area contributed by atoms with Crippen molar-refractivity contribution in [2.45, 2.75) is 53.9 Å². The minimum atomic E-state index is 0. The van der Waals surface area contributed by atoms with E-state index in [2.05, 4.69) is 52.0 Å². The molecule has 0 fully saturated rings. The van der Waals surface area contributed by atoms with Gasteiger partial charge in [0, 0.05) is 14.6 Å². The molecule has 0 aromatic rings. The van der Waals surface area contributed by atoms with Gasteiger partial charge >= 0.3 is 0 Å². The molecule has 116 valence electrons. The zero-order chi connectivity index (χ0) is 14.6. The van der Waals surface area contributed by atoms with Gasteiger partial charge in [0.15, 0.2) is 0 Å². The van der Waals surface area contributed by atoms with Crippen molar-refractivity contribution in [3.8, 4) is 0 Å². The van der Waals surface area contributed by atoms with E-state index in [9.17, 15) is 0 Å². The summed E-state index contributed by atoms with van der Waals surface area (Å²) in [7, 11) is 4.17. The number of nitrogens with one attached hydrogen (secondary N) is 1. The maximum Gasteiger partial charge on any atom is 0.0463 e. The van der Waals surface area contributed by atoms with Crippen LogP contribution in [0.15, 0.2) is 0 Å². The molecular formula is C15H40N2O. The first kappa shape index (κ1) is 23.0. The van der Waals surface area contributed by atoms with Crippen LogP contribution in [0, 0.1) is 0 Å². The van der Waals surface area contributed by atoms with E-state index in [1.807, 2.05) is 6.92 Å². The van der Waals surface area contributed by atoms with Gasteiger partial charge in [-0.1, -0.05) is 27.7 Å². The molecule has 3 nitrogen and oxygen atoms in total. The highest BCUT2D eigenvalue weighted by Crippen LogP contribution is 1.76. The Balaban J connectivity index is -0.0000000865. The van der Waals surface area contributed by atoms with Crippen LogP contribution in [-0.4, -0.2) is 51.8 Å². The van der Waals surface area contributed by atoms with Crippen molar-refractivity contribution >= 4 is 0 Å². The number of rotatable bonds is 8. The molecule has 0 rings (SSSR count). The lowest BCUT2D eigenvalue weighted by Gasteiger charge is -2.03. The molecule has 0 atom stereocenters. The second kappa shape index (κ2) is 25.7. The number of ether oxygens (including phenoxy) is 1. The second-order valence-electron chi connectivity index (χ2n) is 4.35. The van der Waals surface area contributed by atoms with Gasteiger partial charge in [-0.2, -0.15) is 0 Å². The molecule has 0 aliphatic heterocycles. The van der Waals surface area contributed by atoms with E-state index in [0.29, 0.717) is 0 Å². The standard InChI is InChI=1S/2C5H13N.C5H12O.H2/c1-4-5-6(2)3;2*1-3-5-6-4-2;/h4-5H2,1-3H3;6H,3-5H2,1-2H3;3-5H2,1-2H3;1H. The van der Waals surface area contributed by atoms with Gasteiger partial charge in [-0.3, -0.25) is 0 Å². The summed E-state index contributed by atoms with van der Waals surface area (Å²) in [6, 6.07) is 0. The Kier molecular flexibility index (Phi) is 32.8. The molecule has 0 spiro atoms. The van der Waals surface area contributed by atoms with Crippen LogP contribution in [0.4, 0.5) is 0 Å². The Bertz CT molecular complexity index is 98.3. The van der Waals surface area contributed by atoms with Crippen molar-refractivity contribution < 1.29 is 6.16 Å². The quantitative estimate of drug-likeness (QED) is 0.677. The van der Waals surface area contributed by atoms with Crippen molar-refractivity contribution in [1.82, 2.24) is 10.2 Å². The summed E-state index contributed by atoms with van der Waals surface area (Å²) < 4.78 is 4.98. The van der Waals surface area contributed by atoms with Crippen LogP contribution in [-0.2, 0) is 4.74 Å². The molecule has 0 bridgehead atoms. The predicted molar refractivity (Wildman–Crippen MR) is 86.6 cm³/mol. The Morgan fingerprint density at radius 2 is 1.56 bits per heavy atom. The third kappa shape index (κ3) is 44.6. The van der Waals surface area contributed by atoms with Crippen LogP contribution < -0.4 is 5.32 Å². The first-order valence-electron chi connectivity index (χ1n) is 7.53. The van der Waals surface area contributed by atoms with Gasteiger partial charge in [0.2, 0.25) is 0 Å². The Morgan fingerprint density at radius 3 is 1.67 bits per heavy atom. The zero-order valence-corrected chi connectivity index (χ0v) is 14.0. The molecule has 0 aliphatic carbocycles. The van der Waals surface area contributed by atoms with Crippen molar-refractivity contribution in [3.05, 3.63) is 0 Å². The summed E-state index contributed by atoms with van der Waals surface area (Å²) in [6.07, 6.45) is 3.63. The summed E-state index contributed by atoms with van der Waals surface area (Å²) in [6.45, 7) is 15.8. The first-order valence-corrected chi connectivity index (χ1v) is 7.53. The van der Waals surface area contributed by atoms with E-state index < -0.39 is 0 Å². The number of hydrogen-bond acceptors (Lipinski definition) is 3. The van der Waals surface area contributed by atoms with E-state index in [-0.39, 0.29) is 1.43 Å². The van der Waals surface area contributed by atoms with Gasteiger partial charge in [0.1, 0.15) is 0 Å².